The number of carbonyl (C=O) groups is 1. The summed E-state index contributed by atoms with van der Waals surface area (Å²) in [5.74, 6) is 0.0747. The molecule has 1 aliphatic heterocycles. The van der Waals surface area contributed by atoms with E-state index in [-0.39, 0.29) is 29.0 Å². The summed E-state index contributed by atoms with van der Waals surface area (Å²) in [5.41, 5.74) is 1.24. The fraction of sp³-hybridized carbons (Fsp3) is 0.650. The van der Waals surface area contributed by atoms with Gasteiger partial charge < -0.3 is 5.32 Å². The molecular formula is C20H32N2O3S. The average molecular weight is 381 g/mol. The van der Waals surface area contributed by atoms with Gasteiger partial charge in [-0.2, -0.15) is 0 Å². The molecule has 26 heavy (non-hydrogen) atoms. The molecule has 0 aliphatic carbocycles. The number of rotatable bonds is 7. The van der Waals surface area contributed by atoms with Gasteiger partial charge in [0.2, 0.25) is 15.9 Å². The van der Waals surface area contributed by atoms with Gasteiger partial charge in [0, 0.05) is 25.0 Å². The minimum atomic E-state index is -3.15. The largest absolute Gasteiger partial charge is 0.353 e. The van der Waals surface area contributed by atoms with Crippen LogP contribution >= 0.6 is 0 Å². The minimum absolute atomic E-state index is 0.0213. The first-order valence-electron chi connectivity index (χ1n) is 9.49. The van der Waals surface area contributed by atoms with Crippen LogP contribution in [-0.4, -0.2) is 43.5 Å². The molecule has 1 N–H and O–H groups in total. The van der Waals surface area contributed by atoms with Crippen molar-refractivity contribution in [2.45, 2.75) is 58.4 Å². The maximum absolute atomic E-state index is 12.6. The number of amides is 1. The molecule has 2 rings (SSSR count). The smallest absolute Gasteiger partial charge is 0.223 e. The van der Waals surface area contributed by atoms with Gasteiger partial charge in [0.05, 0.1) is 5.75 Å². The van der Waals surface area contributed by atoms with Crippen LogP contribution in [0.25, 0.3) is 0 Å². The molecule has 5 nitrogen and oxygen atoms in total. The number of nitrogens with zero attached hydrogens (tertiary/aromatic N) is 1. The summed E-state index contributed by atoms with van der Waals surface area (Å²) in [6.45, 7) is 8.97. The molecule has 1 atom stereocenters. The van der Waals surface area contributed by atoms with E-state index in [0.717, 1.165) is 6.42 Å². The van der Waals surface area contributed by atoms with E-state index >= 15 is 0 Å². The van der Waals surface area contributed by atoms with E-state index in [1.807, 2.05) is 25.1 Å². The lowest BCUT2D eigenvalue weighted by Crippen LogP contribution is -2.46. The van der Waals surface area contributed by atoms with Gasteiger partial charge >= 0.3 is 0 Å². The van der Waals surface area contributed by atoms with E-state index in [4.69, 9.17) is 0 Å². The van der Waals surface area contributed by atoms with Crippen molar-refractivity contribution in [2.75, 3.05) is 18.8 Å². The first-order chi connectivity index (χ1) is 12.2. The third-order valence-electron chi connectivity index (χ3n) is 5.34. The molecule has 0 bridgehead atoms. The van der Waals surface area contributed by atoms with E-state index < -0.39 is 10.0 Å². The second-order valence-electron chi connectivity index (χ2n) is 7.94. The molecule has 1 aliphatic rings. The fourth-order valence-corrected chi connectivity index (χ4v) is 4.90. The molecule has 6 heteroatoms. The van der Waals surface area contributed by atoms with Gasteiger partial charge in [0.15, 0.2) is 0 Å². The van der Waals surface area contributed by atoms with Crippen molar-refractivity contribution in [1.29, 1.82) is 0 Å². The quantitative estimate of drug-likeness (QED) is 0.791. The van der Waals surface area contributed by atoms with E-state index in [1.165, 1.54) is 9.87 Å². The van der Waals surface area contributed by atoms with Crippen LogP contribution in [0.1, 0.15) is 52.5 Å². The van der Waals surface area contributed by atoms with Crippen molar-refractivity contribution >= 4 is 15.9 Å². The average Bonchev–Trinajstić information content (AvgIpc) is 2.62. The van der Waals surface area contributed by atoms with Crippen molar-refractivity contribution in [3.63, 3.8) is 0 Å². The lowest BCUT2D eigenvalue weighted by molar-refractivity contribution is -0.126. The van der Waals surface area contributed by atoms with Crippen molar-refractivity contribution in [1.82, 2.24) is 9.62 Å². The van der Waals surface area contributed by atoms with E-state index in [9.17, 15) is 13.2 Å². The highest BCUT2D eigenvalue weighted by atomic mass is 32.2. The Balaban J connectivity index is 1.86. The fourth-order valence-electron chi connectivity index (χ4n) is 3.76. The molecule has 1 aromatic rings. The summed E-state index contributed by atoms with van der Waals surface area (Å²) in [4.78, 5) is 12.6. The summed E-state index contributed by atoms with van der Waals surface area (Å²) in [6.07, 6.45) is 2.05. The zero-order valence-corrected chi connectivity index (χ0v) is 17.2. The van der Waals surface area contributed by atoms with Crippen LogP contribution in [0.2, 0.25) is 0 Å². The van der Waals surface area contributed by atoms with Crippen molar-refractivity contribution in [3.8, 4) is 0 Å². The van der Waals surface area contributed by atoms with E-state index in [2.05, 4.69) is 31.3 Å². The Kier molecular flexibility index (Phi) is 6.86. The predicted octanol–water partition coefficient (Wildman–Crippen LogP) is 2.92. The molecule has 0 radical (unpaired) electrons. The number of hydrogen-bond donors (Lipinski definition) is 1. The van der Waals surface area contributed by atoms with Crippen molar-refractivity contribution < 1.29 is 13.2 Å². The highest BCUT2D eigenvalue weighted by molar-refractivity contribution is 7.89. The summed E-state index contributed by atoms with van der Waals surface area (Å²) in [6, 6.07) is 10.4. The van der Waals surface area contributed by atoms with Crippen molar-refractivity contribution in [2.24, 2.45) is 5.92 Å². The lowest BCUT2D eigenvalue weighted by atomic mass is 9.79. The molecule has 1 amide bonds. The minimum Gasteiger partial charge on any atom is -0.353 e. The molecule has 146 valence electrons. The Morgan fingerprint density at radius 3 is 2.35 bits per heavy atom. The third kappa shape index (κ3) is 5.30. The normalized spacial score (nSPS) is 18.5. The van der Waals surface area contributed by atoms with Gasteiger partial charge in [-0.25, -0.2) is 12.7 Å². The van der Waals surface area contributed by atoms with Gasteiger partial charge in [-0.3, -0.25) is 4.79 Å². The Labute approximate surface area is 158 Å². The summed E-state index contributed by atoms with van der Waals surface area (Å²) in [5, 5.41) is 3.14. The van der Waals surface area contributed by atoms with Crippen LogP contribution in [0.4, 0.5) is 0 Å². The van der Waals surface area contributed by atoms with Gasteiger partial charge in [-0.15, -0.1) is 0 Å². The number of hydrogen-bond acceptors (Lipinski definition) is 3. The first kappa shape index (κ1) is 20.9. The second-order valence-corrected chi connectivity index (χ2v) is 10.2. The zero-order chi connectivity index (χ0) is 19.4. The Morgan fingerprint density at radius 1 is 1.23 bits per heavy atom. The van der Waals surface area contributed by atoms with Crippen LogP contribution in [0.5, 0.6) is 0 Å². The van der Waals surface area contributed by atoms with Gasteiger partial charge in [0.1, 0.15) is 0 Å². The Bertz CT molecular complexity index is 693. The van der Waals surface area contributed by atoms with Gasteiger partial charge in [-0.05, 0) is 44.1 Å². The third-order valence-corrected chi connectivity index (χ3v) is 7.22. The van der Waals surface area contributed by atoms with Crippen LogP contribution < -0.4 is 5.32 Å². The number of nitrogens with one attached hydrogen (secondary N) is 1. The molecule has 1 saturated heterocycles. The standard InChI is InChI=1S/C20H32N2O3S/c1-5-26(24,25)22-13-11-17(12-14-22)19(23)21-16(2)15-20(3,4)18-9-7-6-8-10-18/h6-10,16-17H,5,11-15H2,1-4H3,(H,21,23)/t16-/m1/s1. The molecule has 1 fully saturated rings. The summed E-state index contributed by atoms with van der Waals surface area (Å²) >= 11 is 0. The number of sulfonamides is 1. The van der Waals surface area contributed by atoms with Gasteiger partial charge in [-0.1, -0.05) is 44.2 Å². The molecule has 0 unspecified atom stereocenters. The van der Waals surface area contributed by atoms with Gasteiger partial charge in [0.25, 0.3) is 0 Å². The summed E-state index contributed by atoms with van der Waals surface area (Å²) in [7, 11) is -3.15. The Morgan fingerprint density at radius 2 is 1.81 bits per heavy atom. The second kappa shape index (κ2) is 8.53. The van der Waals surface area contributed by atoms with Crippen LogP contribution in [0.15, 0.2) is 30.3 Å². The SMILES string of the molecule is CCS(=O)(=O)N1CCC(C(=O)N[C@H](C)CC(C)(C)c2ccccc2)CC1. The molecular weight excluding hydrogens is 348 g/mol. The topological polar surface area (TPSA) is 66.5 Å². The zero-order valence-electron chi connectivity index (χ0n) is 16.4. The number of piperidine rings is 1. The number of carbonyl (C=O) groups excluding carboxylic acids is 1. The highest BCUT2D eigenvalue weighted by Gasteiger charge is 2.31. The molecule has 0 saturated carbocycles. The van der Waals surface area contributed by atoms with E-state index in [1.54, 1.807) is 6.92 Å². The van der Waals surface area contributed by atoms with Crippen LogP contribution in [-0.2, 0) is 20.2 Å². The predicted molar refractivity (Wildman–Crippen MR) is 105 cm³/mol. The highest BCUT2D eigenvalue weighted by Crippen LogP contribution is 2.28. The lowest BCUT2D eigenvalue weighted by Gasteiger charge is -2.32. The molecule has 0 spiro atoms. The maximum atomic E-state index is 12.6. The van der Waals surface area contributed by atoms with E-state index in [0.29, 0.717) is 25.9 Å². The summed E-state index contributed by atoms with van der Waals surface area (Å²) < 4.78 is 25.4. The molecule has 1 aromatic carbocycles. The first-order valence-corrected chi connectivity index (χ1v) is 11.1. The molecule has 0 aromatic heterocycles. The molecule has 1 heterocycles. The van der Waals surface area contributed by atoms with Crippen molar-refractivity contribution in [3.05, 3.63) is 35.9 Å². The maximum Gasteiger partial charge on any atom is 0.223 e. The van der Waals surface area contributed by atoms with Crippen LogP contribution in [0.3, 0.4) is 0 Å². The number of benzene rings is 1. The monoisotopic (exact) mass is 380 g/mol. The van der Waals surface area contributed by atoms with Crippen LogP contribution in [0, 0.1) is 5.92 Å². The Hall–Kier alpha value is -1.40.